The van der Waals surface area contributed by atoms with E-state index >= 15 is 0 Å². The van der Waals surface area contributed by atoms with Crippen LogP contribution in [-0.2, 0) is 18.8 Å². The van der Waals surface area contributed by atoms with Gasteiger partial charge in [0.25, 0.3) is 5.56 Å². The van der Waals surface area contributed by atoms with Gasteiger partial charge < -0.3 is 9.67 Å². The number of hydrogen-bond acceptors (Lipinski definition) is 4. The fourth-order valence-electron chi connectivity index (χ4n) is 3.89. The molecule has 0 aliphatic heterocycles. The maximum absolute atomic E-state index is 13.1. The molecule has 1 fully saturated rings. The summed E-state index contributed by atoms with van der Waals surface area (Å²) in [6.07, 6.45) is -0.211. The Morgan fingerprint density at radius 2 is 1.97 bits per heavy atom. The van der Waals surface area contributed by atoms with Crippen molar-refractivity contribution in [3.05, 3.63) is 56.9 Å². The average molecular weight is 441 g/mol. The van der Waals surface area contributed by atoms with E-state index in [2.05, 4.69) is 10.1 Å². The van der Waals surface area contributed by atoms with E-state index in [4.69, 9.17) is 11.6 Å². The Labute approximate surface area is 174 Å². The normalized spacial score (nSPS) is 17.0. The van der Waals surface area contributed by atoms with Gasteiger partial charge in [0.15, 0.2) is 11.2 Å². The third-order valence-electron chi connectivity index (χ3n) is 5.61. The van der Waals surface area contributed by atoms with Crippen LogP contribution in [0.2, 0.25) is 5.02 Å². The summed E-state index contributed by atoms with van der Waals surface area (Å²) in [5, 5.41) is 15.9. The van der Waals surface area contributed by atoms with E-state index in [9.17, 15) is 23.1 Å². The van der Waals surface area contributed by atoms with Gasteiger partial charge in [0.2, 0.25) is 0 Å². The number of nitrogens with zero attached hydrogens (tertiary/aromatic N) is 4. The standard InChI is InChI=1S/C20H20ClF3N4O2/c1-10(2)19(30,11-8-14(21)16(25-9-11)20(22,23)24)17-13-6-7-28(12-4-5-12)18(29)15(13)26-27(17)3/h6-10,12,30H,4-5H2,1-3H3/t19-/m1/s1. The molecule has 160 valence electrons. The number of aryl methyl sites for hydroxylation is 1. The minimum atomic E-state index is -4.71. The molecule has 1 atom stereocenters. The van der Waals surface area contributed by atoms with Crippen molar-refractivity contribution >= 4 is 22.5 Å². The summed E-state index contributed by atoms with van der Waals surface area (Å²) >= 11 is 5.86. The van der Waals surface area contributed by atoms with Gasteiger partial charge in [-0.15, -0.1) is 0 Å². The molecule has 3 heterocycles. The number of pyridine rings is 2. The molecule has 3 aromatic heterocycles. The highest BCUT2D eigenvalue weighted by atomic mass is 35.5. The summed E-state index contributed by atoms with van der Waals surface area (Å²) in [5.74, 6) is -0.489. The predicted octanol–water partition coefficient (Wildman–Crippen LogP) is 4.03. The predicted molar refractivity (Wildman–Crippen MR) is 105 cm³/mol. The van der Waals surface area contributed by atoms with Crippen molar-refractivity contribution in [2.24, 2.45) is 13.0 Å². The number of aromatic nitrogens is 4. The van der Waals surface area contributed by atoms with Gasteiger partial charge in [0, 0.05) is 36.4 Å². The van der Waals surface area contributed by atoms with Crippen LogP contribution in [0, 0.1) is 5.92 Å². The molecule has 0 spiro atoms. The molecule has 4 rings (SSSR count). The minimum absolute atomic E-state index is 0.0896. The highest BCUT2D eigenvalue weighted by Crippen LogP contribution is 2.42. The van der Waals surface area contributed by atoms with Gasteiger partial charge in [-0.1, -0.05) is 25.4 Å². The molecule has 0 saturated heterocycles. The Kier molecular flexibility index (Phi) is 4.74. The molecule has 0 aromatic carbocycles. The van der Waals surface area contributed by atoms with Gasteiger partial charge >= 0.3 is 6.18 Å². The number of alkyl halides is 3. The molecule has 10 heteroatoms. The lowest BCUT2D eigenvalue weighted by Crippen LogP contribution is -2.36. The van der Waals surface area contributed by atoms with Crippen LogP contribution in [0.15, 0.2) is 29.3 Å². The fraction of sp³-hybridized carbons (Fsp3) is 0.450. The molecule has 1 aliphatic carbocycles. The third-order valence-corrected chi connectivity index (χ3v) is 5.90. The maximum Gasteiger partial charge on any atom is 0.434 e. The Morgan fingerprint density at radius 3 is 2.50 bits per heavy atom. The van der Waals surface area contributed by atoms with E-state index < -0.39 is 28.4 Å². The second-order valence-electron chi connectivity index (χ2n) is 7.97. The van der Waals surface area contributed by atoms with Gasteiger partial charge in [-0.2, -0.15) is 18.3 Å². The molecule has 0 bridgehead atoms. The number of rotatable bonds is 4. The first-order valence-corrected chi connectivity index (χ1v) is 9.88. The summed E-state index contributed by atoms with van der Waals surface area (Å²) in [6, 6.07) is 2.94. The van der Waals surface area contributed by atoms with Gasteiger partial charge in [0.1, 0.15) is 5.60 Å². The molecule has 1 N–H and O–H groups in total. The van der Waals surface area contributed by atoms with Crippen molar-refractivity contribution in [1.29, 1.82) is 0 Å². The molecule has 3 aromatic rings. The summed E-state index contributed by atoms with van der Waals surface area (Å²) in [4.78, 5) is 16.3. The second kappa shape index (κ2) is 6.81. The quantitative estimate of drug-likeness (QED) is 0.664. The molecule has 30 heavy (non-hydrogen) atoms. The number of aliphatic hydroxyl groups is 1. The van der Waals surface area contributed by atoms with E-state index in [0.29, 0.717) is 11.1 Å². The lowest BCUT2D eigenvalue weighted by atomic mass is 9.80. The summed E-state index contributed by atoms with van der Waals surface area (Å²) < 4.78 is 42.2. The van der Waals surface area contributed by atoms with Gasteiger partial charge in [-0.05, 0) is 30.9 Å². The maximum atomic E-state index is 13.1. The van der Waals surface area contributed by atoms with Crippen molar-refractivity contribution in [1.82, 2.24) is 19.3 Å². The number of hydrogen-bond donors (Lipinski definition) is 1. The van der Waals surface area contributed by atoms with Gasteiger partial charge in [-0.25, -0.2) is 4.98 Å². The monoisotopic (exact) mass is 440 g/mol. The lowest BCUT2D eigenvalue weighted by molar-refractivity contribution is -0.141. The van der Waals surface area contributed by atoms with E-state index in [1.165, 1.54) is 4.68 Å². The molecule has 0 unspecified atom stereocenters. The van der Waals surface area contributed by atoms with Crippen molar-refractivity contribution in [2.45, 2.75) is 44.5 Å². The van der Waals surface area contributed by atoms with Crippen LogP contribution in [0.5, 0.6) is 0 Å². The second-order valence-corrected chi connectivity index (χ2v) is 8.37. The van der Waals surface area contributed by atoms with Crippen LogP contribution in [-0.4, -0.2) is 24.4 Å². The summed E-state index contributed by atoms with van der Waals surface area (Å²) in [6.45, 7) is 3.44. The molecular formula is C20H20ClF3N4O2. The van der Waals surface area contributed by atoms with Gasteiger partial charge in [-0.3, -0.25) is 9.48 Å². The summed E-state index contributed by atoms with van der Waals surface area (Å²) in [5.41, 5.74) is -2.67. The smallest absolute Gasteiger partial charge is 0.378 e. The molecule has 0 radical (unpaired) electrons. The van der Waals surface area contributed by atoms with Crippen molar-refractivity contribution in [2.75, 3.05) is 0 Å². The zero-order valence-corrected chi connectivity index (χ0v) is 17.3. The fourth-order valence-corrected chi connectivity index (χ4v) is 4.17. The number of halogens is 4. The third kappa shape index (κ3) is 3.11. The largest absolute Gasteiger partial charge is 0.434 e. The van der Waals surface area contributed by atoms with E-state index in [0.717, 1.165) is 25.1 Å². The molecule has 6 nitrogen and oxygen atoms in total. The van der Waals surface area contributed by atoms with Crippen LogP contribution < -0.4 is 5.56 Å². The number of fused-ring (bicyclic) bond motifs is 1. The average Bonchev–Trinajstić information content (AvgIpc) is 3.42. The van der Waals surface area contributed by atoms with Crippen molar-refractivity contribution in [3.63, 3.8) is 0 Å². The highest BCUT2D eigenvalue weighted by molar-refractivity contribution is 6.31. The van der Waals surface area contributed by atoms with E-state index in [1.807, 2.05) is 0 Å². The zero-order chi connectivity index (χ0) is 22.0. The van der Waals surface area contributed by atoms with E-state index in [-0.39, 0.29) is 22.7 Å². The minimum Gasteiger partial charge on any atom is -0.378 e. The Hall–Kier alpha value is -2.39. The molecule has 1 aliphatic rings. The summed E-state index contributed by atoms with van der Waals surface area (Å²) in [7, 11) is 1.59. The van der Waals surface area contributed by atoms with Crippen molar-refractivity contribution in [3.8, 4) is 0 Å². The Morgan fingerprint density at radius 1 is 1.30 bits per heavy atom. The molecule has 0 amide bonds. The lowest BCUT2D eigenvalue weighted by Gasteiger charge is -2.33. The van der Waals surface area contributed by atoms with Crippen molar-refractivity contribution < 1.29 is 18.3 Å². The first-order valence-electron chi connectivity index (χ1n) is 9.50. The van der Waals surface area contributed by atoms with Crippen LogP contribution in [0.3, 0.4) is 0 Å². The van der Waals surface area contributed by atoms with Crippen LogP contribution in [0.4, 0.5) is 13.2 Å². The first-order chi connectivity index (χ1) is 14.0. The Bertz CT molecular complexity index is 1200. The first kappa shape index (κ1) is 20.9. The highest BCUT2D eigenvalue weighted by Gasteiger charge is 2.43. The van der Waals surface area contributed by atoms with Crippen LogP contribution >= 0.6 is 11.6 Å². The van der Waals surface area contributed by atoms with Gasteiger partial charge in [0.05, 0.1) is 10.7 Å². The Balaban J connectivity index is 1.95. The molecular weight excluding hydrogens is 421 g/mol. The topological polar surface area (TPSA) is 72.9 Å². The van der Waals surface area contributed by atoms with Crippen LogP contribution in [0.1, 0.15) is 49.7 Å². The zero-order valence-electron chi connectivity index (χ0n) is 16.5. The molecule has 1 saturated carbocycles. The van der Waals surface area contributed by atoms with Crippen LogP contribution in [0.25, 0.3) is 10.9 Å². The van der Waals surface area contributed by atoms with E-state index in [1.54, 1.807) is 37.7 Å². The SMILES string of the molecule is CC(C)[C@@](O)(c1cnc(C(F)(F)F)c(Cl)c1)c1c2ccn(C3CC3)c(=O)c2nn1C.